The van der Waals surface area contributed by atoms with Gasteiger partial charge in [-0.2, -0.15) is 0 Å². The van der Waals surface area contributed by atoms with E-state index in [1.165, 1.54) is 0 Å². The lowest BCUT2D eigenvalue weighted by atomic mass is 9.91. The van der Waals surface area contributed by atoms with Crippen LogP contribution in [-0.4, -0.2) is 54.4 Å². The first-order valence-electron chi connectivity index (χ1n) is 7.99. The van der Waals surface area contributed by atoms with Crippen LogP contribution in [0.5, 0.6) is 0 Å². The van der Waals surface area contributed by atoms with E-state index in [-0.39, 0.29) is 12.6 Å². The van der Waals surface area contributed by atoms with Gasteiger partial charge in [0.2, 0.25) is 0 Å². The van der Waals surface area contributed by atoms with Crippen molar-refractivity contribution in [2.75, 3.05) is 6.61 Å². The van der Waals surface area contributed by atoms with Crippen LogP contribution in [0.2, 0.25) is 0 Å². The maximum Gasteiger partial charge on any atom is 0.311 e. The highest BCUT2D eigenvalue weighted by molar-refractivity contribution is 5.75. The van der Waals surface area contributed by atoms with Gasteiger partial charge in [-0.25, -0.2) is 0 Å². The molecule has 0 aromatic carbocycles. The number of carbonyl (C=O) groups excluding carboxylic acids is 1. The van der Waals surface area contributed by atoms with Crippen molar-refractivity contribution in [3.63, 3.8) is 0 Å². The highest BCUT2D eigenvalue weighted by atomic mass is 17.0. The molecule has 6 atom stereocenters. The molecule has 0 amide bonds. The molecule has 7 heteroatoms. The van der Waals surface area contributed by atoms with Gasteiger partial charge in [0, 0.05) is 5.41 Å². The number of aliphatic hydroxyl groups excluding tert-OH is 1. The Morgan fingerprint density at radius 3 is 2.26 bits per heavy atom. The zero-order valence-electron chi connectivity index (χ0n) is 14.5. The molecule has 3 aliphatic rings. The van der Waals surface area contributed by atoms with E-state index >= 15 is 0 Å². The number of rotatable bonds is 2. The summed E-state index contributed by atoms with van der Waals surface area (Å²) in [5, 5.41) is 10.4. The van der Waals surface area contributed by atoms with Crippen molar-refractivity contribution < 1.29 is 33.6 Å². The molecule has 0 aromatic heterocycles. The minimum atomic E-state index is -1.25. The zero-order chi connectivity index (χ0) is 17.2. The van der Waals surface area contributed by atoms with Crippen LogP contribution in [0.15, 0.2) is 0 Å². The molecule has 3 bridgehead atoms. The van der Waals surface area contributed by atoms with E-state index < -0.39 is 47.5 Å². The van der Waals surface area contributed by atoms with Gasteiger partial charge in [0.1, 0.15) is 31.0 Å². The molecule has 1 N–H and O–H groups in total. The number of aliphatic hydroxyl groups is 1. The second kappa shape index (κ2) is 5.13. The van der Waals surface area contributed by atoms with Crippen LogP contribution >= 0.6 is 0 Å². The van der Waals surface area contributed by atoms with Crippen LogP contribution in [0.4, 0.5) is 0 Å². The van der Waals surface area contributed by atoms with Gasteiger partial charge < -0.3 is 24.1 Å². The fraction of sp³-hybridized carbons (Fsp3) is 0.938. The third kappa shape index (κ3) is 2.68. The molecule has 1 unspecified atom stereocenters. The third-order valence-electron chi connectivity index (χ3n) is 4.38. The lowest BCUT2D eigenvalue weighted by Crippen LogP contribution is -2.64. The topological polar surface area (TPSA) is 83.5 Å². The predicted molar refractivity (Wildman–Crippen MR) is 78.1 cm³/mol. The summed E-state index contributed by atoms with van der Waals surface area (Å²) in [7, 11) is 0. The van der Waals surface area contributed by atoms with Gasteiger partial charge in [-0.05, 0) is 20.8 Å². The summed E-state index contributed by atoms with van der Waals surface area (Å²) in [6.07, 6.45) is -3.47. The highest BCUT2D eigenvalue weighted by Gasteiger charge is 2.68. The normalized spacial score (nSPS) is 42.8. The van der Waals surface area contributed by atoms with E-state index in [0.29, 0.717) is 0 Å². The average molecular weight is 330 g/mol. The van der Waals surface area contributed by atoms with Crippen LogP contribution in [-0.2, 0) is 28.5 Å². The van der Waals surface area contributed by atoms with Crippen molar-refractivity contribution >= 4 is 5.97 Å². The molecule has 7 nitrogen and oxygen atoms in total. The maximum absolute atomic E-state index is 11.9. The van der Waals surface area contributed by atoms with Gasteiger partial charge in [0.15, 0.2) is 6.29 Å². The van der Waals surface area contributed by atoms with E-state index in [1.807, 2.05) is 20.8 Å². The van der Waals surface area contributed by atoms with E-state index in [1.54, 1.807) is 20.8 Å². The first-order chi connectivity index (χ1) is 10.4. The molecule has 132 valence electrons. The monoisotopic (exact) mass is 330 g/mol. The van der Waals surface area contributed by atoms with Gasteiger partial charge in [-0.15, -0.1) is 0 Å². The number of hydrogen-bond donors (Lipinski definition) is 1. The second-order valence-electron chi connectivity index (χ2n) is 8.47. The molecule has 3 saturated heterocycles. The van der Waals surface area contributed by atoms with Crippen LogP contribution in [0.25, 0.3) is 0 Å². The van der Waals surface area contributed by atoms with Crippen molar-refractivity contribution in [3.05, 3.63) is 0 Å². The van der Waals surface area contributed by atoms with Crippen molar-refractivity contribution in [2.24, 2.45) is 10.8 Å². The van der Waals surface area contributed by atoms with E-state index in [4.69, 9.17) is 23.7 Å². The Morgan fingerprint density at radius 1 is 1.09 bits per heavy atom. The molecule has 23 heavy (non-hydrogen) atoms. The van der Waals surface area contributed by atoms with Crippen LogP contribution in [0.3, 0.4) is 0 Å². The Kier molecular flexibility index (Phi) is 3.82. The Labute approximate surface area is 136 Å². The molecule has 0 aliphatic carbocycles. The van der Waals surface area contributed by atoms with Gasteiger partial charge in [-0.3, -0.25) is 9.53 Å². The second-order valence-corrected chi connectivity index (χ2v) is 8.47. The summed E-state index contributed by atoms with van der Waals surface area (Å²) < 4.78 is 28.7. The first-order valence-corrected chi connectivity index (χ1v) is 7.99. The quantitative estimate of drug-likeness (QED) is 0.761. The molecule has 3 aliphatic heterocycles. The molecule has 0 saturated carbocycles. The molecular formula is C16H26O7. The number of esters is 1. The molecule has 3 fully saturated rings. The Balaban J connectivity index is 1.74. The van der Waals surface area contributed by atoms with E-state index in [2.05, 4.69) is 0 Å². The summed E-state index contributed by atoms with van der Waals surface area (Å²) in [6, 6.07) is 0. The standard InChI is InChI=1S/C16H26O7/c1-14(2,3)13(18)19-7-8-10-9(17)11-12(20-8)23-16(21-10,22-11)15(4,5)6/h8-12,17H,7H2,1-6H3/t8-,9+,10-,11-,12-,16?/m1/s1. The molecule has 3 heterocycles. The lowest BCUT2D eigenvalue weighted by molar-refractivity contribution is -0.427. The van der Waals surface area contributed by atoms with Gasteiger partial charge >= 0.3 is 5.97 Å². The zero-order valence-corrected chi connectivity index (χ0v) is 14.5. The van der Waals surface area contributed by atoms with Gasteiger partial charge in [0.25, 0.3) is 5.97 Å². The minimum absolute atomic E-state index is 0.00460. The molecule has 3 rings (SSSR count). The third-order valence-corrected chi connectivity index (χ3v) is 4.38. The Morgan fingerprint density at radius 2 is 1.70 bits per heavy atom. The van der Waals surface area contributed by atoms with Crippen molar-refractivity contribution in [2.45, 2.75) is 78.2 Å². The number of hydrogen-bond acceptors (Lipinski definition) is 7. The fourth-order valence-corrected chi connectivity index (χ4v) is 2.89. The Hall–Kier alpha value is -0.730. The maximum atomic E-state index is 11.9. The van der Waals surface area contributed by atoms with Crippen LogP contribution in [0, 0.1) is 10.8 Å². The van der Waals surface area contributed by atoms with Crippen molar-refractivity contribution in [3.8, 4) is 0 Å². The molecular weight excluding hydrogens is 304 g/mol. The Bertz CT molecular complexity index is 492. The minimum Gasteiger partial charge on any atom is -0.462 e. The van der Waals surface area contributed by atoms with Gasteiger partial charge in [0.05, 0.1) is 5.41 Å². The van der Waals surface area contributed by atoms with Crippen molar-refractivity contribution in [1.82, 2.24) is 0 Å². The SMILES string of the molecule is CC(C)(C)C(=O)OC[C@H]1O[C@@H]2OC3(C(C)(C)C)O[C@@H]2[C@@H](O)[C@@H]1O3. The lowest BCUT2D eigenvalue weighted by Gasteiger charge is -2.47. The highest BCUT2D eigenvalue weighted by Crippen LogP contribution is 2.52. The molecule has 0 aromatic rings. The smallest absolute Gasteiger partial charge is 0.311 e. The van der Waals surface area contributed by atoms with Gasteiger partial charge in [-0.1, -0.05) is 20.8 Å². The number of fused-ring (bicyclic) bond motifs is 2. The molecule has 0 radical (unpaired) electrons. The summed E-state index contributed by atoms with van der Waals surface area (Å²) in [5.74, 6) is -1.58. The van der Waals surface area contributed by atoms with Crippen LogP contribution in [0.1, 0.15) is 41.5 Å². The predicted octanol–water partition coefficient (Wildman–Crippen LogP) is 1.18. The fourth-order valence-electron chi connectivity index (χ4n) is 2.89. The van der Waals surface area contributed by atoms with Crippen molar-refractivity contribution in [1.29, 1.82) is 0 Å². The largest absolute Gasteiger partial charge is 0.462 e. The molecule has 0 spiro atoms. The number of ether oxygens (including phenoxy) is 5. The van der Waals surface area contributed by atoms with E-state index in [9.17, 15) is 9.90 Å². The summed E-state index contributed by atoms with van der Waals surface area (Å²) in [4.78, 5) is 11.9. The van der Waals surface area contributed by atoms with E-state index in [0.717, 1.165) is 0 Å². The average Bonchev–Trinajstić information content (AvgIpc) is 2.63. The number of carbonyl (C=O) groups is 1. The first kappa shape index (κ1) is 17.1. The summed E-state index contributed by atoms with van der Waals surface area (Å²) >= 11 is 0. The summed E-state index contributed by atoms with van der Waals surface area (Å²) in [5.41, 5.74) is -1.06. The van der Waals surface area contributed by atoms with Crippen LogP contribution < -0.4 is 0 Å². The summed E-state index contributed by atoms with van der Waals surface area (Å²) in [6.45, 7) is 11.1.